The predicted octanol–water partition coefficient (Wildman–Crippen LogP) is -0.430. The van der Waals surface area contributed by atoms with Crippen molar-refractivity contribution in [3.05, 3.63) is 0 Å². The van der Waals surface area contributed by atoms with Crippen LogP contribution in [0, 0.1) is 5.41 Å². The molecule has 2 aliphatic heterocycles. The van der Waals surface area contributed by atoms with Gasteiger partial charge in [0.25, 0.3) is 0 Å². The highest BCUT2D eigenvalue weighted by atomic mass is 32.2. The molecule has 1 unspecified atom stereocenters. The lowest BCUT2D eigenvalue weighted by molar-refractivity contribution is -0.138. The van der Waals surface area contributed by atoms with E-state index in [1.54, 1.807) is 6.92 Å². The summed E-state index contributed by atoms with van der Waals surface area (Å²) in [7, 11) is -3.36. The van der Waals surface area contributed by atoms with E-state index in [9.17, 15) is 18.3 Å². The number of carbonyl (C=O) groups is 1. The molecule has 0 aromatic rings. The molecule has 0 aromatic carbocycles. The Morgan fingerprint density at radius 1 is 1.29 bits per heavy atom. The Kier molecular flexibility index (Phi) is 4.36. The summed E-state index contributed by atoms with van der Waals surface area (Å²) in [6.45, 7) is 3.36. The molecule has 0 radical (unpaired) electrons. The number of aliphatic carboxylic acids is 1. The molecular weight excluding hydrogens is 296 g/mol. The number of hydrogen-bond acceptors (Lipinski definition) is 5. The van der Waals surface area contributed by atoms with Gasteiger partial charge in [-0.25, -0.2) is 8.42 Å². The third-order valence-electron chi connectivity index (χ3n) is 4.85. The van der Waals surface area contributed by atoms with Crippen LogP contribution in [-0.2, 0) is 14.8 Å². The van der Waals surface area contributed by atoms with Crippen LogP contribution in [-0.4, -0.2) is 78.4 Å². The average Bonchev–Trinajstić information content (AvgIpc) is 2.66. The fraction of sp³-hybridized carbons (Fsp3) is 0.923. The number of piperidine rings is 1. The quantitative estimate of drug-likeness (QED) is 0.729. The highest BCUT2D eigenvalue weighted by Crippen LogP contribution is 2.48. The van der Waals surface area contributed by atoms with E-state index in [1.807, 2.05) is 4.90 Å². The zero-order valence-electron chi connectivity index (χ0n) is 12.6. The summed E-state index contributed by atoms with van der Waals surface area (Å²) in [5.74, 6) is -0.838. The van der Waals surface area contributed by atoms with Crippen LogP contribution in [0.15, 0.2) is 0 Å². The summed E-state index contributed by atoms with van der Waals surface area (Å²) < 4.78 is 25.4. The highest BCUT2D eigenvalue weighted by molar-refractivity contribution is 7.88. The molecule has 2 rings (SSSR count). The minimum absolute atomic E-state index is 0.0309. The molecule has 1 atom stereocenters. The number of hydrogen-bond donors (Lipinski definition) is 2. The molecule has 0 aliphatic carbocycles. The van der Waals surface area contributed by atoms with Crippen molar-refractivity contribution in [1.82, 2.24) is 9.21 Å². The van der Waals surface area contributed by atoms with E-state index < -0.39 is 21.5 Å². The third-order valence-corrected chi connectivity index (χ3v) is 6.22. The normalized spacial score (nSPS) is 30.8. The summed E-state index contributed by atoms with van der Waals surface area (Å²) in [6.07, 6.45) is 3.34. The van der Waals surface area contributed by atoms with Gasteiger partial charge < -0.3 is 10.2 Å². The number of nitrogens with zero attached hydrogens (tertiary/aromatic N) is 2. The Bertz CT molecular complexity index is 513. The summed E-state index contributed by atoms with van der Waals surface area (Å²) in [5, 5.41) is 18.5. The molecule has 2 aliphatic rings. The summed E-state index contributed by atoms with van der Waals surface area (Å²) in [6, 6.07) is 0. The first-order valence-corrected chi connectivity index (χ1v) is 8.98. The van der Waals surface area contributed by atoms with Gasteiger partial charge in [-0.15, -0.1) is 0 Å². The van der Waals surface area contributed by atoms with Crippen molar-refractivity contribution in [2.45, 2.75) is 31.7 Å². The summed E-state index contributed by atoms with van der Waals surface area (Å²) in [4.78, 5) is 12.6. The number of carboxylic acid groups (broad SMARTS) is 1. The Balaban J connectivity index is 2.12. The minimum atomic E-state index is -3.36. The van der Waals surface area contributed by atoms with Gasteiger partial charge in [0.05, 0.1) is 24.9 Å². The van der Waals surface area contributed by atoms with Gasteiger partial charge in [-0.2, -0.15) is 4.31 Å². The van der Waals surface area contributed by atoms with E-state index in [0.29, 0.717) is 26.1 Å². The zero-order valence-corrected chi connectivity index (χ0v) is 13.4. The van der Waals surface area contributed by atoms with Crippen molar-refractivity contribution in [3.63, 3.8) is 0 Å². The molecule has 0 bridgehead atoms. The zero-order chi connectivity index (χ0) is 15.9. The molecule has 8 heteroatoms. The highest BCUT2D eigenvalue weighted by Gasteiger charge is 2.54. The fourth-order valence-corrected chi connectivity index (χ4v) is 5.24. The van der Waals surface area contributed by atoms with Crippen molar-refractivity contribution < 1.29 is 23.4 Å². The molecule has 21 heavy (non-hydrogen) atoms. The van der Waals surface area contributed by atoms with Crippen LogP contribution < -0.4 is 0 Å². The molecule has 0 saturated carbocycles. The van der Waals surface area contributed by atoms with Gasteiger partial charge in [-0.05, 0) is 44.7 Å². The molecule has 122 valence electrons. The van der Waals surface area contributed by atoms with Gasteiger partial charge in [0, 0.05) is 6.54 Å². The van der Waals surface area contributed by atoms with Gasteiger partial charge in [-0.3, -0.25) is 9.69 Å². The van der Waals surface area contributed by atoms with Gasteiger partial charge >= 0.3 is 5.97 Å². The van der Waals surface area contributed by atoms with Crippen LogP contribution in [0.3, 0.4) is 0 Å². The third kappa shape index (κ3) is 3.39. The number of rotatable bonds is 4. The van der Waals surface area contributed by atoms with Crippen LogP contribution in [0.4, 0.5) is 0 Å². The minimum Gasteiger partial charge on any atom is -0.480 e. The second-order valence-corrected chi connectivity index (χ2v) is 8.68. The van der Waals surface area contributed by atoms with Crippen LogP contribution in [0.2, 0.25) is 0 Å². The standard InChI is InChI=1S/C13H24N2O5S/c1-12(10-16)8-13(9-15(12)21(2,19)20)3-5-14(6-4-13)7-11(17)18/h16H,3-10H2,1-2H3,(H,17,18). The predicted molar refractivity (Wildman–Crippen MR) is 77.4 cm³/mol. The lowest BCUT2D eigenvalue weighted by atomic mass is 9.74. The Morgan fingerprint density at radius 2 is 1.86 bits per heavy atom. The molecule has 1 spiro atoms. The monoisotopic (exact) mass is 320 g/mol. The number of likely N-dealkylation sites (tertiary alicyclic amines) is 1. The van der Waals surface area contributed by atoms with Crippen molar-refractivity contribution in [1.29, 1.82) is 0 Å². The second-order valence-electron chi connectivity index (χ2n) is 6.77. The second kappa shape index (κ2) is 5.49. The van der Waals surface area contributed by atoms with Crippen molar-refractivity contribution in [2.24, 2.45) is 5.41 Å². The maximum Gasteiger partial charge on any atom is 0.317 e. The van der Waals surface area contributed by atoms with Gasteiger partial charge in [0.15, 0.2) is 0 Å². The van der Waals surface area contributed by atoms with E-state index in [1.165, 1.54) is 10.6 Å². The van der Waals surface area contributed by atoms with E-state index >= 15 is 0 Å². The van der Waals surface area contributed by atoms with Crippen LogP contribution in [0.25, 0.3) is 0 Å². The topological polar surface area (TPSA) is 98.1 Å². The fourth-order valence-electron chi connectivity index (χ4n) is 3.81. The molecule has 2 heterocycles. The first kappa shape index (κ1) is 16.7. The van der Waals surface area contributed by atoms with Crippen LogP contribution >= 0.6 is 0 Å². The van der Waals surface area contributed by atoms with E-state index in [4.69, 9.17) is 5.11 Å². The van der Waals surface area contributed by atoms with E-state index in [0.717, 1.165) is 12.8 Å². The number of aliphatic hydroxyl groups excluding tert-OH is 1. The van der Waals surface area contributed by atoms with Gasteiger partial charge in [-0.1, -0.05) is 0 Å². The average molecular weight is 320 g/mol. The lowest BCUT2D eigenvalue weighted by Gasteiger charge is -2.38. The van der Waals surface area contributed by atoms with Crippen molar-refractivity contribution in [3.8, 4) is 0 Å². The smallest absolute Gasteiger partial charge is 0.317 e. The van der Waals surface area contributed by atoms with Crippen molar-refractivity contribution >= 4 is 16.0 Å². The summed E-state index contributed by atoms with van der Waals surface area (Å²) in [5.41, 5.74) is -0.891. The molecule has 2 saturated heterocycles. The van der Waals surface area contributed by atoms with Crippen LogP contribution in [0.5, 0.6) is 0 Å². The maximum absolute atomic E-state index is 12.0. The molecule has 2 N–H and O–H groups in total. The molecule has 0 aromatic heterocycles. The summed E-state index contributed by atoms with van der Waals surface area (Å²) >= 11 is 0. The molecule has 2 fully saturated rings. The van der Waals surface area contributed by atoms with Crippen LogP contribution in [0.1, 0.15) is 26.2 Å². The first-order chi connectivity index (χ1) is 9.60. The molecular formula is C13H24N2O5S. The lowest BCUT2D eigenvalue weighted by Crippen LogP contribution is -2.47. The Labute approximate surface area is 125 Å². The van der Waals surface area contributed by atoms with Crippen molar-refractivity contribution in [2.75, 3.05) is 39.0 Å². The van der Waals surface area contributed by atoms with Gasteiger partial charge in [0.1, 0.15) is 0 Å². The largest absolute Gasteiger partial charge is 0.480 e. The SMILES string of the molecule is CC1(CO)CC2(CCN(CC(=O)O)CC2)CN1S(C)(=O)=O. The number of aliphatic hydroxyl groups is 1. The number of sulfonamides is 1. The molecule has 7 nitrogen and oxygen atoms in total. The Hall–Kier alpha value is -0.700. The van der Waals surface area contributed by atoms with Gasteiger partial charge in [0.2, 0.25) is 10.0 Å². The Morgan fingerprint density at radius 3 is 2.24 bits per heavy atom. The molecule has 0 amide bonds. The van der Waals surface area contributed by atoms with E-state index in [2.05, 4.69) is 0 Å². The first-order valence-electron chi connectivity index (χ1n) is 7.13. The maximum atomic E-state index is 12.0. The van der Waals surface area contributed by atoms with E-state index in [-0.39, 0.29) is 18.6 Å². The number of carboxylic acids is 1.